The second kappa shape index (κ2) is 13.4. The van der Waals surface area contributed by atoms with E-state index in [0.717, 1.165) is 63.5 Å². The summed E-state index contributed by atoms with van der Waals surface area (Å²) in [6.07, 6.45) is 8.61. The SMILES string of the molecule is CN(C)Cc1ccnc(O[C@H]2CC[C@@H](N(c3cc(C#CC(C)(C)C)sc3C(=O)O)C(=O)[C@H]3CC[C@H](C)CC3)CC2)c1. The summed E-state index contributed by atoms with van der Waals surface area (Å²) in [5.74, 6) is 6.62. The van der Waals surface area contributed by atoms with Gasteiger partial charge >= 0.3 is 5.97 Å². The average molecular weight is 580 g/mol. The number of carbonyl (C=O) groups is 2. The lowest BCUT2D eigenvalue weighted by molar-refractivity contribution is -0.124. The maximum atomic E-state index is 14.2. The highest BCUT2D eigenvalue weighted by Gasteiger charge is 2.38. The zero-order valence-electron chi connectivity index (χ0n) is 25.4. The number of hydrogen-bond acceptors (Lipinski definition) is 6. The fourth-order valence-electron chi connectivity index (χ4n) is 5.79. The van der Waals surface area contributed by atoms with E-state index in [2.05, 4.69) is 28.6 Å². The Morgan fingerprint density at radius 3 is 2.37 bits per heavy atom. The number of carbonyl (C=O) groups excluding carboxylic acids is 1. The molecule has 0 saturated heterocycles. The third kappa shape index (κ3) is 8.56. The molecule has 0 atom stereocenters. The molecule has 41 heavy (non-hydrogen) atoms. The van der Waals surface area contributed by atoms with Gasteiger partial charge in [-0.2, -0.15) is 0 Å². The Balaban J connectivity index is 1.57. The number of rotatable bonds is 8. The molecule has 2 fully saturated rings. The van der Waals surface area contributed by atoms with E-state index in [1.807, 2.05) is 58.0 Å². The van der Waals surface area contributed by atoms with Crippen molar-refractivity contribution in [1.29, 1.82) is 0 Å². The van der Waals surface area contributed by atoms with Crippen LogP contribution >= 0.6 is 11.3 Å². The quantitative estimate of drug-likeness (QED) is 0.345. The molecule has 2 heterocycles. The maximum Gasteiger partial charge on any atom is 0.348 e. The van der Waals surface area contributed by atoms with Crippen LogP contribution < -0.4 is 9.64 Å². The zero-order chi connectivity index (χ0) is 29.7. The molecule has 0 aliphatic heterocycles. The summed E-state index contributed by atoms with van der Waals surface area (Å²) < 4.78 is 6.29. The van der Waals surface area contributed by atoms with E-state index >= 15 is 0 Å². The van der Waals surface area contributed by atoms with Gasteiger partial charge in [0.2, 0.25) is 11.8 Å². The predicted octanol–water partition coefficient (Wildman–Crippen LogP) is 6.85. The molecule has 2 aromatic rings. The number of aromatic nitrogens is 1. The van der Waals surface area contributed by atoms with Gasteiger partial charge in [0, 0.05) is 36.2 Å². The van der Waals surface area contributed by atoms with E-state index in [-0.39, 0.29) is 34.3 Å². The first-order chi connectivity index (χ1) is 19.4. The van der Waals surface area contributed by atoms with Crippen LogP contribution in [0.4, 0.5) is 5.69 Å². The lowest BCUT2D eigenvalue weighted by Crippen LogP contribution is -2.47. The van der Waals surface area contributed by atoms with E-state index in [0.29, 0.717) is 22.4 Å². The molecule has 2 saturated carbocycles. The van der Waals surface area contributed by atoms with Crippen molar-refractivity contribution in [3.8, 4) is 17.7 Å². The molecule has 0 radical (unpaired) electrons. The number of nitrogens with zero attached hydrogens (tertiary/aromatic N) is 3. The van der Waals surface area contributed by atoms with Crippen molar-refractivity contribution in [1.82, 2.24) is 9.88 Å². The maximum absolute atomic E-state index is 14.2. The first kappa shape index (κ1) is 31.1. The van der Waals surface area contributed by atoms with Crippen molar-refractivity contribution in [2.45, 2.75) is 97.8 Å². The number of anilines is 1. The molecule has 2 aromatic heterocycles. The molecule has 1 N–H and O–H groups in total. The Morgan fingerprint density at radius 1 is 1.07 bits per heavy atom. The smallest absolute Gasteiger partial charge is 0.348 e. The first-order valence-corrected chi connectivity index (χ1v) is 15.7. The van der Waals surface area contributed by atoms with Crippen LogP contribution in [0.5, 0.6) is 5.88 Å². The molecule has 0 unspecified atom stereocenters. The van der Waals surface area contributed by atoms with E-state index in [1.165, 1.54) is 11.3 Å². The summed E-state index contributed by atoms with van der Waals surface area (Å²) in [5, 5.41) is 10.2. The van der Waals surface area contributed by atoms with Crippen LogP contribution in [0.2, 0.25) is 0 Å². The minimum Gasteiger partial charge on any atom is -0.477 e. The molecular formula is C33H45N3O4S. The van der Waals surface area contributed by atoms with E-state index in [1.54, 1.807) is 6.20 Å². The van der Waals surface area contributed by atoms with Gasteiger partial charge in [0.05, 0.1) is 10.6 Å². The summed E-state index contributed by atoms with van der Waals surface area (Å²) in [6, 6.07) is 5.75. The highest BCUT2D eigenvalue weighted by molar-refractivity contribution is 7.15. The van der Waals surface area contributed by atoms with E-state index < -0.39 is 5.97 Å². The van der Waals surface area contributed by atoms with Crippen LogP contribution in [-0.2, 0) is 11.3 Å². The molecule has 0 spiro atoms. The van der Waals surface area contributed by atoms with Gasteiger partial charge in [-0.05, 0) is 110 Å². The molecule has 2 aliphatic rings. The Morgan fingerprint density at radius 2 is 1.76 bits per heavy atom. The summed E-state index contributed by atoms with van der Waals surface area (Å²) in [6.45, 7) is 9.15. The third-order valence-electron chi connectivity index (χ3n) is 7.92. The van der Waals surface area contributed by atoms with Gasteiger partial charge < -0.3 is 19.6 Å². The second-order valence-electron chi connectivity index (χ2n) is 13.1. The monoisotopic (exact) mass is 579 g/mol. The van der Waals surface area contributed by atoms with Crippen LogP contribution in [0, 0.1) is 29.1 Å². The van der Waals surface area contributed by atoms with Crippen LogP contribution in [0.1, 0.15) is 99.2 Å². The summed E-state index contributed by atoms with van der Waals surface area (Å²) in [4.78, 5) is 35.8. The van der Waals surface area contributed by atoms with E-state index in [4.69, 9.17) is 4.74 Å². The average Bonchev–Trinajstić information content (AvgIpc) is 3.33. The Kier molecular flexibility index (Phi) is 10.1. The molecule has 0 bridgehead atoms. The van der Waals surface area contributed by atoms with Crippen molar-refractivity contribution in [3.63, 3.8) is 0 Å². The van der Waals surface area contributed by atoms with Crippen LogP contribution in [0.15, 0.2) is 24.4 Å². The molecule has 222 valence electrons. The molecule has 2 aliphatic carbocycles. The lowest BCUT2D eigenvalue weighted by Gasteiger charge is -2.39. The Bertz CT molecular complexity index is 1270. The van der Waals surface area contributed by atoms with Gasteiger partial charge in [-0.25, -0.2) is 9.78 Å². The van der Waals surface area contributed by atoms with Gasteiger partial charge in [-0.1, -0.05) is 18.8 Å². The largest absolute Gasteiger partial charge is 0.477 e. The summed E-state index contributed by atoms with van der Waals surface area (Å²) in [7, 11) is 4.07. The fraction of sp³-hybridized carbons (Fsp3) is 0.606. The number of carboxylic acids is 1. The molecule has 7 nitrogen and oxygen atoms in total. The normalized spacial score (nSPS) is 23.0. The van der Waals surface area contributed by atoms with E-state index in [9.17, 15) is 14.7 Å². The minimum absolute atomic E-state index is 0.00969. The molecule has 8 heteroatoms. The number of amides is 1. The van der Waals surface area contributed by atoms with Crippen LogP contribution in [0.3, 0.4) is 0 Å². The van der Waals surface area contributed by atoms with Crippen molar-refractivity contribution in [3.05, 3.63) is 39.7 Å². The number of ether oxygens (including phenoxy) is 1. The fourth-order valence-corrected chi connectivity index (χ4v) is 6.64. The topological polar surface area (TPSA) is 83.0 Å². The van der Waals surface area contributed by atoms with Gasteiger partial charge in [-0.3, -0.25) is 4.79 Å². The second-order valence-corrected chi connectivity index (χ2v) is 14.1. The van der Waals surface area contributed by atoms with Crippen molar-refractivity contribution < 1.29 is 19.4 Å². The Labute approximate surface area is 249 Å². The molecule has 4 rings (SSSR count). The van der Waals surface area contributed by atoms with Gasteiger partial charge in [0.1, 0.15) is 11.0 Å². The number of hydrogen-bond donors (Lipinski definition) is 1. The van der Waals surface area contributed by atoms with Crippen LogP contribution in [-0.4, -0.2) is 53.1 Å². The number of aromatic carboxylic acids is 1. The van der Waals surface area contributed by atoms with Gasteiger partial charge in [0.25, 0.3) is 0 Å². The first-order valence-electron chi connectivity index (χ1n) is 14.9. The van der Waals surface area contributed by atoms with Crippen molar-refractivity contribution >= 4 is 28.9 Å². The molecule has 1 amide bonds. The highest BCUT2D eigenvalue weighted by Crippen LogP contribution is 2.39. The third-order valence-corrected chi connectivity index (χ3v) is 8.95. The summed E-state index contributed by atoms with van der Waals surface area (Å²) >= 11 is 1.17. The Hall–Kier alpha value is -2.89. The van der Waals surface area contributed by atoms with Crippen LogP contribution in [0.25, 0.3) is 0 Å². The predicted molar refractivity (Wildman–Crippen MR) is 165 cm³/mol. The minimum atomic E-state index is -1.01. The van der Waals surface area contributed by atoms with Crippen molar-refractivity contribution in [2.75, 3.05) is 19.0 Å². The zero-order valence-corrected chi connectivity index (χ0v) is 26.2. The van der Waals surface area contributed by atoms with Crippen molar-refractivity contribution in [2.24, 2.45) is 17.3 Å². The molecular weight excluding hydrogens is 534 g/mol. The molecule has 0 aromatic carbocycles. The number of thiophene rings is 1. The number of pyridine rings is 1. The highest BCUT2D eigenvalue weighted by atomic mass is 32.1. The van der Waals surface area contributed by atoms with Gasteiger partial charge in [0.15, 0.2) is 0 Å². The number of carboxylic acid groups (broad SMARTS) is 1. The lowest BCUT2D eigenvalue weighted by atomic mass is 9.81. The summed E-state index contributed by atoms with van der Waals surface area (Å²) in [5.41, 5.74) is 1.45. The standard InChI is InChI=1S/C33H45N3O4S/c1-22-7-9-24(10-8-22)31(37)36(28-20-27(15-17-33(2,3)4)41-30(28)32(38)39)25-11-13-26(14-12-25)40-29-19-23(16-18-34-29)21-35(5)6/h16,18-20,22,24-26H,7-14,21H2,1-6H3,(H,38,39)/t22-,24-,25-,26+. The van der Waals surface area contributed by atoms with Gasteiger partial charge in [-0.15, -0.1) is 11.3 Å².